The van der Waals surface area contributed by atoms with Gasteiger partial charge in [0.25, 0.3) is 0 Å². The highest BCUT2D eigenvalue weighted by Crippen LogP contribution is 2.40. The van der Waals surface area contributed by atoms with E-state index in [1.807, 2.05) is 18.2 Å². The second-order valence-corrected chi connectivity index (χ2v) is 9.32. The first-order chi connectivity index (χ1) is 16.7. The SMILES string of the molecule is NC(=O)CN1C(=O)C(NC(=O)Nc2cccc(Cl)c2)CC(c2ccc(Cl)c(Cl)c2)c2ccccc21. The monoisotopic (exact) mass is 530 g/mol. The summed E-state index contributed by atoms with van der Waals surface area (Å²) in [4.78, 5) is 39.6. The van der Waals surface area contributed by atoms with E-state index in [9.17, 15) is 14.4 Å². The van der Waals surface area contributed by atoms with Crippen molar-refractivity contribution in [3.8, 4) is 0 Å². The van der Waals surface area contributed by atoms with Crippen molar-refractivity contribution in [1.82, 2.24) is 5.32 Å². The van der Waals surface area contributed by atoms with E-state index in [1.165, 1.54) is 4.90 Å². The van der Waals surface area contributed by atoms with E-state index in [1.54, 1.807) is 48.5 Å². The molecule has 4 rings (SSSR count). The number of rotatable bonds is 5. The van der Waals surface area contributed by atoms with Crippen LogP contribution in [0.1, 0.15) is 23.5 Å². The molecular weight excluding hydrogens is 511 g/mol. The minimum atomic E-state index is -0.972. The van der Waals surface area contributed by atoms with Crippen LogP contribution in [-0.4, -0.2) is 30.4 Å². The van der Waals surface area contributed by atoms with Gasteiger partial charge < -0.3 is 21.3 Å². The number of urea groups is 1. The van der Waals surface area contributed by atoms with Gasteiger partial charge in [0.05, 0.1) is 10.0 Å². The largest absolute Gasteiger partial charge is 0.368 e. The smallest absolute Gasteiger partial charge is 0.319 e. The Kier molecular flexibility index (Phi) is 7.50. The van der Waals surface area contributed by atoms with Gasteiger partial charge in [-0.2, -0.15) is 0 Å². The zero-order valence-electron chi connectivity index (χ0n) is 18.3. The summed E-state index contributed by atoms with van der Waals surface area (Å²) in [5.74, 6) is -1.47. The molecule has 35 heavy (non-hydrogen) atoms. The number of amides is 4. The lowest BCUT2D eigenvalue weighted by Gasteiger charge is -2.25. The number of fused-ring (bicyclic) bond motifs is 1. The Morgan fingerprint density at radius 2 is 1.74 bits per heavy atom. The van der Waals surface area contributed by atoms with Crippen LogP contribution in [0.15, 0.2) is 66.7 Å². The predicted octanol–water partition coefficient (Wildman–Crippen LogP) is 5.19. The minimum Gasteiger partial charge on any atom is -0.368 e. The second-order valence-electron chi connectivity index (χ2n) is 8.07. The Bertz CT molecular complexity index is 1300. The van der Waals surface area contributed by atoms with Gasteiger partial charge in [-0.15, -0.1) is 0 Å². The molecule has 0 saturated carbocycles. The summed E-state index contributed by atoms with van der Waals surface area (Å²) in [7, 11) is 0. The zero-order chi connectivity index (χ0) is 25.1. The molecule has 3 aromatic carbocycles. The summed E-state index contributed by atoms with van der Waals surface area (Å²) < 4.78 is 0. The maximum Gasteiger partial charge on any atom is 0.319 e. The summed E-state index contributed by atoms with van der Waals surface area (Å²) in [5, 5.41) is 6.66. The number of benzene rings is 3. The van der Waals surface area contributed by atoms with Gasteiger partial charge in [-0.1, -0.05) is 65.1 Å². The Morgan fingerprint density at radius 3 is 2.46 bits per heavy atom. The topological polar surface area (TPSA) is 105 Å². The van der Waals surface area contributed by atoms with Crippen LogP contribution < -0.4 is 21.3 Å². The van der Waals surface area contributed by atoms with E-state index in [2.05, 4.69) is 10.6 Å². The molecule has 2 unspecified atom stereocenters. The van der Waals surface area contributed by atoms with Crippen molar-refractivity contribution in [3.05, 3.63) is 92.9 Å². The summed E-state index contributed by atoms with van der Waals surface area (Å²) in [6.45, 7) is -0.335. The molecule has 0 aliphatic carbocycles. The summed E-state index contributed by atoms with van der Waals surface area (Å²) in [6, 6.07) is 17.6. The van der Waals surface area contributed by atoms with Crippen molar-refractivity contribution in [2.75, 3.05) is 16.8 Å². The van der Waals surface area contributed by atoms with Crippen LogP contribution in [-0.2, 0) is 9.59 Å². The fourth-order valence-electron chi connectivity index (χ4n) is 4.17. The number of nitrogens with zero attached hydrogens (tertiary/aromatic N) is 1. The lowest BCUT2D eigenvalue weighted by Crippen LogP contribution is -2.51. The van der Waals surface area contributed by atoms with Crippen molar-refractivity contribution >= 4 is 64.0 Å². The molecule has 180 valence electrons. The van der Waals surface area contributed by atoms with Gasteiger partial charge in [0.1, 0.15) is 12.6 Å². The summed E-state index contributed by atoms with van der Waals surface area (Å²) in [5.41, 5.74) is 8.06. The second kappa shape index (κ2) is 10.6. The third kappa shape index (κ3) is 5.70. The van der Waals surface area contributed by atoms with Crippen molar-refractivity contribution in [2.45, 2.75) is 18.4 Å². The van der Waals surface area contributed by atoms with Crippen molar-refractivity contribution < 1.29 is 14.4 Å². The predicted molar refractivity (Wildman–Crippen MR) is 138 cm³/mol. The molecule has 1 aliphatic rings. The first-order valence-corrected chi connectivity index (χ1v) is 11.8. The van der Waals surface area contributed by atoms with Crippen LogP contribution in [0, 0.1) is 0 Å². The average molecular weight is 532 g/mol. The van der Waals surface area contributed by atoms with Gasteiger partial charge in [-0.25, -0.2) is 4.79 Å². The minimum absolute atomic E-state index is 0.214. The highest BCUT2D eigenvalue weighted by molar-refractivity contribution is 6.42. The Labute approximate surface area is 217 Å². The van der Waals surface area contributed by atoms with E-state index in [-0.39, 0.29) is 18.9 Å². The number of halogens is 3. The molecule has 4 N–H and O–H groups in total. The molecule has 4 amide bonds. The molecule has 3 aromatic rings. The molecule has 0 radical (unpaired) electrons. The molecule has 0 fully saturated rings. The van der Waals surface area contributed by atoms with E-state index in [0.717, 1.165) is 11.1 Å². The first-order valence-electron chi connectivity index (χ1n) is 10.7. The molecule has 0 aromatic heterocycles. The van der Waals surface area contributed by atoms with Crippen LogP contribution >= 0.6 is 34.8 Å². The molecule has 0 saturated heterocycles. The Morgan fingerprint density at radius 1 is 0.971 bits per heavy atom. The Hall–Kier alpha value is -3.26. The quantitative estimate of drug-likeness (QED) is 0.422. The third-order valence-corrected chi connectivity index (χ3v) is 6.66. The highest BCUT2D eigenvalue weighted by atomic mass is 35.5. The number of hydrogen-bond donors (Lipinski definition) is 3. The number of para-hydroxylation sites is 1. The maximum atomic E-state index is 13.6. The van der Waals surface area contributed by atoms with Crippen LogP contribution in [0.4, 0.5) is 16.2 Å². The van der Waals surface area contributed by atoms with Crippen LogP contribution in [0.2, 0.25) is 15.1 Å². The van der Waals surface area contributed by atoms with Gasteiger partial charge >= 0.3 is 6.03 Å². The molecule has 2 atom stereocenters. The number of nitrogens with one attached hydrogen (secondary N) is 2. The van der Waals surface area contributed by atoms with Crippen LogP contribution in [0.5, 0.6) is 0 Å². The third-order valence-electron chi connectivity index (χ3n) is 5.69. The fraction of sp³-hybridized carbons (Fsp3) is 0.160. The lowest BCUT2D eigenvalue weighted by molar-refractivity contribution is -0.123. The van der Waals surface area contributed by atoms with Crippen LogP contribution in [0.3, 0.4) is 0 Å². The van der Waals surface area contributed by atoms with Gasteiger partial charge in [0, 0.05) is 22.3 Å². The Balaban J connectivity index is 1.72. The number of anilines is 2. The molecule has 0 spiro atoms. The van der Waals surface area contributed by atoms with Gasteiger partial charge in [0.15, 0.2) is 0 Å². The van der Waals surface area contributed by atoms with E-state index >= 15 is 0 Å². The highest BCUT2D eigenvalue weighted by Gasteiger charge is 2.37. The lowest BCUT2D eigenvalue weighted by atomic mass is 9.86. The number of nitrogens with two attached hydrogens (primary N) is 1. The first kappa shape index (κ1) is 24.9. The number of carbonyl (C=O) groups excluding carboxylic acids is 3. The molecule has 7 nitrogen and oxygen atoms in total. The molecule has 1 heterocycles. The van der Waals surface area contributed by atoms with Gasteiger partial charge in [-0.3, -0.25) is 9.59 Å². The molecule has 0 bridgehead atoms. The van der Waals surface area contributed by atoms with Gasteiger partial charge in [0.2, 0.25) is 11.8 Å². The fourth-order valence-corrected chi connectivity index (χ4v) is 4.67. The van der Waals surface area contributed by atoms with E-state index < -0.39 is 23.9 Å². The zero-order valence-corrected chi connectivity index (χ0v) is 20.6. The van der Waals surface area contributed by atoms with Crippen molar-refractivity contribution in [3.63, 3.8) is 0 Å². The van der Waals surface area contributed by atoms with E-state index in [0.29, 0.717) is 26.4 Å². The van der Waals surface area contributed by atoms with E-state index in [4.69, 9.17) is 40.5 Å². The number of carbonyl (C=O) groups is 3. The molecule has 1 aliphatic heterocycles. The maximum absolute atomic E-state index is 13.6. The molecule has 10 heteroatoms. The summed E-state index contributed by atoms with van der Waals surface area (Å²) >= 11 is 18.4. The summed E-state index contributed by atoms with van der Waals surface area (Å²) in [6.07, 6.45) is 0.214. The van der Waals surface area contributed by atoms with Crippen molar-refractivity contribution in [2.24, 2.45) is 5.73 Å². The number of primary amides is 1. The van der Waals surface area contributed by atoms with Gasteiger partial charge in [-0.05, 0) is 53.9 Å². The normalized spacial score (nSPS) is 17.3. The van der Waals surface area contributed by atoms with Crippen molar-refractivity contribution in [1.29, 1.82) is 0 Å². The standard InChI is InChI=1S/C25H21Cl3N4O3/c26-15-4-3-5-16(11-15)30-25(35)31-21-12-18(14-8-9-19(27)20(28)10-14)17-6-1-2-7-22(17)32(24(21)34)13-23(29)33/h1-11,18,21H,12-13H2,(H2,29,33)(H2,30,31,35). The van der Waals surface area contributed by atoms with Crippen LogP contribution in [0.25, 0.3) is 0 Å². The number of hydrogen-bond acceptors (Lipinski definition) is 3. The molecular formula is C25H21Cl3N4O3. The average Bonchev–Trinajstić information content (AvgIpc) is 2.91.